The van der Waals surface area contributed by atoms with Gasteiger partial charge in [0.05, 0.1) is 19.0 Å². The summed E-state index contributed by atoms with van der Waals surface area (Å²) >= 11 is 0. The van der Waals surface area contributed by atoms with Crippen LogP contribution in [0.2, 0.25) is 0 Å². The van der Waals surface area contributed by atoms with Crippen LogP contribution in [0.5, 0.6) is 0 Å². The summed E-state index contributed by atoms with van der Waals surface area (Å²) in [6.07, 6.45) is 2.43. The van der Waals surface area contributed by atoms with Gasteiger partial charge in [-0.2, -0.15) is 9.97 Å². The highest BCUT2D eigenvalue weighted by Crippen LogP contribution is 2.25. The van der Waals surface area contributed by atoms with Crippen LogP contribution in [0.15, 0.2) is 30.6 Å². The van der Waals surface area contributed by atoms with Crippen LogP contribution in [0.4, 0.5) is 21.8 Å². The van der Waals surface area contributed by atoms with Gasteiger partial charge in [-0.1, -0.05) is 13.0 Å². The molecule has 0 aliphatic carbocycles. The lowest BCUT2D eigenvalue weighted by Crippen LogP contribution is -2.24. The van der Waals surface area contributed by atoms with E-state index in [4.69, 9.17) is 0 Å². The van der Waals surface area contributed by atoms with E-state index < -0.39 is 0 Å². The first-order valence-electron chi connectivity index (χ1n) is 8.27. The fourth-order valence-corrected chi connectivity index (χ4v) is 2.49. The van der Waals surface area contributed by atoms with Crippen molar-refractivity contribution in [2.45, 2.75) is 32.9 Å². The number of halogens is 1. The molecular formula is C17H21FN6O. The van der Waals surface area contributed by atoms with Gasteiger partial charge in [-0.05, 0) is 31.5 Å². The predicted octanol–water partition coefficient (Wildman–Crippen LogP) is 2.91. The van der Waals surface area contributed by atoms with Crippen LogP contribution < -0.4 is 10.6 Å². The average Bonchev–Trinajstić information content (AvgIpc) is 3.03. The van der Waals surface area contributed by atoms with Gasteiger partial charge in [-0.15, -0.1) is 0 Å². The Morgan fingerprint density at radius 3 is 2.80 bits per heavy atom. The molecule has 0 radical (unpaired) electrons. The van der Waals surface area contributed by atoms with E-state index in [1.165, 1.54) is 12.1 Å². The maximum atomic E-state index is 13.5. The standard InChI is InChI=1S/C17H21FN6O/c1-3-12(9-25)21-17-22-15(20-13-7-5-6-11(18)8-13)14-16(23-17)24(4-2)10-19-14/h5-8,10,12,25H,3-4,9H2,1-2H3,(H2,20,21,22,23)/t12-/m1/s1. The number of aliphatic hydroxyl groups is 1. The lowest BCUT2D eigenvalue weighted by atomic mass is 10.2. The van der Waals surface area contributed by atoms with Gasteiger partial charge in [0.1, 0.15) is 5.82 Å². The monoisotopic (exact) mass is 344 g/mol. The molecule has 0 spiro atoms. The van der Waals surface area contributed by atoms with E-state index in [9.17, 15) is 9.50 Å². The minimum absolute atomic E-state index is 0.0163. The van der Waals surface area contributed by atoms with Gasteiger partial charge in [0.2, 0.25) is 5.95 Å². The van der Waals surface area contributed by atoms with Crippen LogP contribution >= 0.6 is 0 Å². The second-order valence-electron chi connectivity index (χ2n) is 5.67. The van der Waals surface area contributed by atoms with Crippen molar-refractivity contribution in [3.8, 4) is 0 Å². The molecule has 0 unspecified atom stereocenters. The maximum absolute atomic E-state index is 13.5. The van der Waals surface area contributed by atoms with Crippen molar-refractivity contribution in [1.82, 2.24) is 19.5 Å². The quantitative estimate of drug-likeness (QED) is 0.611. The summed E-state index contributed by atoms with van der Waals surface area (Å²) in [5, 5.41) is 15.6. The molecule has 0 amide bonds. The minimum atomic E-state index is -0.334. The number of nitrogens with zero attached hydrogens (tertiary/aromatic N) is 4. The number of anilines is 3. The van der Waals surface area contributed by atoms with Gasteiger partial charge in [0.25, 0.3) is 0 Å². The molecule has 8 heteroatoms. The molecule has 3 aromatic rings. The first-order valence-corrected chi connectivity index (χ1v) is 8.27. The van der Waals surface area contributed by atoms with Crippen molar-refractivity contribution in [3.63, 3.8) is 0 Å². The highest BCUT2D eigenvalue weighted by atomic mass is 19.1. The summed E-state index contributed by atoms with van der Waals surface area (Å²) in [6, 6.07) is 6.01. The number of hydrogen-bond donors (Lipinski definition) is 3. The number of benzene rings is 1. The molecule has 1 aromatic carbocycles. The summed E-state index contributed by atoms with van der Waals surface area (Å²) in [6.45, 7) is 4.66. The number of hydrogen-bond acceptors (Lipinski definition) is 6. The molecule has 3 rings (SSSR count). The number of imidazole rings is 1. The Labute approximate surface area is 144 Å². The second-order valence-corrected chi connectivity index (χ2v) is 5.67. The van der Waals surface area contributed by atoms with Crippen LogP contribution in [0.1, 0.15) is 20.3 Å². The molecule has 1 atom stereocenters. The number of fused-ring (bicyclic) bond motifs is 1. The van der Waals surface area contributed by atoms with Crippen LogP contribution in [0, 0.1) is 5.82 Å². The molecule has 0 aliphatic rings. The van der Waals surface area contributed by atoms with Gasteiger partial charge in [0, 0.05) is 12.2 Å². The fourth-order valence-electron chi connectivity index (χ4n) is 2.49. The molecule has 7 nitrogen and oxygen atoms in total. The summed E-state index contributed by atoms with van der Waals surface area (Å²) in [7, 11) is 0. The number of rotatable bonds is 7. The van der Waals surface area contributed by atoms with Crippen LogP contribution in [-0.2, 0) is 6.54 Å². The Morgan fingerprint density at radius 1 is 1.28 bits per heavy atom. The molecule has 0 aliphatic heterocycles. The lowest BCUT2D eigenvalue weighted by Gasteiger charge is -2.15. The maximum Gasteiger partial charge on any atom is 0.227 e. The topological polar surface area (TPSA) is 87.9 Å². The Kier molecular flexibility index (Phi) is 5.08. The number of aliphatic hydroxyl groups excluding tert-OH is 1. The van der Waals surface area contributed by atoms with Crippen molar-refractivity contribution >= 4 is 28.6 Å². The molecule has 132 valence electrons. The predicted molar refractivity (Wildman–Crippen MR) is 95.5 cm³/mol. The van der Waals surface area contributed by atoms with E-state index in [2.05, 4.69) is 25.6 Å². The van der Waals surface area contributed by atoms with Gasteiger partial charge in [0.15, 0.2) is 17.0 Å². The van der Waals surface area contributed by atoms with E-state index in [1.54, 1.807) is 18.5 Å². The molecule has 25 heavy (non-hydrogen) atoms. The highest BCUT2D eigenvalue weighted by molar-refractivity contribution is 5.86. The third-order valence-corrected chi connectivity index (χ3v) is 3.94. The van der Waals surface area contributed by atoms with E-state index in [1.807, 2.05) is 18.4 Å². The molecule has 3 N–H and O–H groups in total. The third kappa shape index (κ3) is 3.69. The van der Waals surface area contributed by atoms with Gasteiger partial charge < -0.3 is 20.3 Å². The second kappa shape index (κ2) is 7.43. The van der Waals surface area contributed by atoms with Gasteiger partial charge in [-0.25, -0.2) is 9.37 Å². The molecule has 2 heterocycles. The minimum Gasteiger partial charge on any atom is -0.394 e. The van der Waals surface area contributed by atoms with E-state index in [0.29, 0.717) is 35.2 Å². The van der Waals surface area contributed by atoms with Crippen LogP contribution in [-0.4, -0.2) is 37.3 Å². The highest BCUT2D eigenvalue weighted by Gasteiger charge is 2.15. The summed E-state index contributed by atoms with van der Waals surface area (Å²) in [5.74, 6) is 0.541. The van der Waals surface area contributed by atoms with Crippen molar-refractivity contribution in [1.29, 1.82) is 0 Å². The summed E-state index contributed by atoms with van der Waals surface area (Å²) in [4.78, 5) is 13.4. The number of nitrogens with one attached hydrogen (secondary N) is 2. The van der Waals surface area contributed by atoms with Gasteiger partial charge >= 0.3 is 0 Å². The van der Waals surface area contributed by atoms with Gasteiger partial charge in [-0.3, -0.25) is 0 Å². The smallest absolute Gasteiger partial charge is 0.227 e. The zero-order valence-electron chi connectivity index (χ0n) is 14.2. The van der Waals surface area contributed by atoms with E-state index in [0.717, 1.165) is 6.42 Å². The Morgan fingerprint density at radius 2 is 2.12 bits per heavy atom. The molecule has 0 bridgehead atoms. The Hall–Kier alpha value is -2.74. The average molecular weight is 344 g/mol. The molecule has 2 aromatic heterocycles. The summed E-state index contributed by atoms with van der Waals surface area (Å²) in [5.41, 5.74) is 1.85. The third-order valence-electron chi connectivity index (χ3n) is 3.94. The Bertz CT molecular complexity index is 861. The summed E-state index contributed by atoms with van der Waals surface area (Å²) < 4.78 is 15.4. The molecule has 0 fully saturated rings. The van der Waals surface area contributed by atoms with Crippen molar-refractivity contribution in [2.75, 3.05) is 17.2 Å². The van der Waals surface area contributed by atoms with Crippen molar-refractivity contribution in [3.05, 3.63) is 36.4 Å². The van der Waals surface area contributed by atoms with E-state index >= 15 is 0 Å². The fraction of sp³-hybridized carbons (Fsp3) is 0.353. The zero-order valence-corrected chi connectivity index (χ0v) is 14.2. The molecule has 0 saturated carbocycles. The van der Waals surface area contributed by atoms with Crippen molar-refractivity contribution < 1.29 is 9.50 Å². The normalized spacial score (nSPS) is 12.3. The molecular weight excluding hydrogens is 323 g/mol. The number of aromatic nitrogens is 4. The first-order chi connectivity index (χ1) is 12.1. The Balaban J connectivity index is 2.04. The number of aryl methyl sites for hydroxylation is 1. The first kappa shape index (κ1) is 17.1. The molecule has 0 saturated heterocycles. The largest absolute Gasteiger partial charge is 0.394 e. The van der Waals surface area contributed by atoms with E-state index in [-0.39, 0.29) is 18.5 Å². The lowest BCUT2D eigenvalue weighted by molar-refractivity contribution is 0.271. The van der Waals surface area contributed by atoms with Crippen molar-refractivity contribution in [2.24, 2.45) is 0 Å². The van der Waals surface area contributed by atoms with Crippen LogP contribution in [0.3, 0.4) is 0 Å². The SMILES string of the molecule is CC[C@H](CO)Nc1nc(Nc2cccc(F)c2)c2ncn(CC)c2n1. The van der Waals surface area contributed by atoms with Crippen LogP contribution in [0.25, 0.3) is 11.2 Å². The zero-order chi connectivity index (χ0) is 17.8.